The van der Waals surface area contributed by atoms with Crippen molar-refractivity contribution in [1.82, 2.24) is 4.72 Å². The molecule has 0 radical (unpaired) electrons. The molecule has 0 bridgehead atoms. The zero-order valence-electron chi connectivity index (χ0n) is 11.7. The summed E-state index contributed by atoms with van der Waals surface area (Å²) in [6.07, 6.45) is 0. The lowest BCUT2D eigenvalue weighted by atomic mass is 10.1. The minimum atomic E-state index is -3.73. The first-order valence-electron chi connectivity index (χ1n) is 6.10. The van der Waals surface area contributed by atoms with Crippen molar-refractivity contribution in [3.63, 3.8) is 0 Å². The molecule has 7 heteroatoms. The van der Waals surface area contributed by atoms with E-state index in [2.05, 4.69) is 4.72 Å². The fourth-order valence-corrected chi connectivity index (χ4v) is 3.13. The van der Waals surface area contributed by atoms with E-state index in [4.69, 9.17) is 9.84 Å². The number of benzene rings is 1. The van der Waals surface area contributed by atoms with Crippen LogP contribution >= 0.6 is 0 Å². The minimum absolute atomic E-state index is 0.0120. The van der Waals surface area contributed by atoms with Gasteiger partial charge in [-0.2, -0.15) is 0 Å². The number of hydrogen-bond donors (Lipinski definition) is 2. The number of carboxylic acid groups (broad SMARTS) is 1. The normalized spacial score (nSPS) is 13.2. The van der Waals surface area contributed by atoms with Gasteiger partial charge >= 0.3 is 5.97 Å². The monoisotopic (exact) mass is 301 g/mol. The van der Waals surface area contributed by atoms with Gasteiger partial charge in [-0.3, -0.25) is 0 Å². The average molecular weight is 301 g/mol. The maximum atomic E-state index is 12.2. The van der Waals surface area contributed by atoms with Crippen LogP contribution in [-0.4, -0.2) is 39.8 Å². The van der Waals surface area contributed by atoms with E-state index >= 15 is 0 Å². The van der Waals surface area contributed by atoms with Gasteiger partial charge in [0, 0.05) is 20.3 Å². The van der Waals surface area contributed by atoms with Crippen molar-refractivity contribution < 1.29 is 23.1 Å². The summed E-state index contributed by atoms with van der Waals surface area (Å²) in [6.45, 7) is 4.15. The van der Waals surface area contributed by atoms with Crippen LogP contribution in [0, 0.1) is 12.8 Å². The summed E-state index contributed by atoms with van der Waals surface area (Å²) in [6, 6.07) is 4.03. The predicted molar refractivity (Wildman–Crippen MR) is 74.4 cm³/mol. The lowest BCUT2D eigenvalue weighted by Gasteiger charge is -2.13. The Balaban J connectivity index is 2.97. The maximum absolute atomic E-state index is 12.2. The molecule has 1 atom stereocenters. The Labute approximate surface area is 118 Å². The molecular weight excluding hydrogens is 282 g/mol. The Morgan fingerprint density at radius 1 is 1.45 bits per heavy atom. The molecule has 0 aliphatic rings. The Morgan fingerprint density at radius 2 is 2.10 bits per heavy atom. The van der Waals surface area contributed by atoms with Crippen molar-refractivity contribution in [2.75, 3.05) is 20.3 Å². The van der Waals surface area contributed by atoms with E-state index in [1.807, 2.05) is 6.92 Å². The van der Waals surface area contributed by atoms with E-state index in [-0.39, 0.29) is 22.9 Å². The van der Waals surface area contributed by atoms with Gasteiger partial charge in [-0.05, 0) is 30.5 Å². The molecule has 0 fully saturated rings. The third-order valence-electron chi connectivity index (χ3n) is 2.80. The van der Waals surface area contributed by atoms with Gasteiger partial charge in [-0.1, -0.05) is 13.0 Å². The van der Waals surface area contributed by atoms with Crippen LogP contribution < -0.4 is 4.72 Å². The number of carboxylic acids is 1. The summed E-state index contributed by atoms with van der Waals surface area (Å²) >= 11 is 0. The fraction of sp³-hybridized carbons (Fsp3) is 0.462. The van der Waals surface area contributed by atoms with Crippen LogP contribution in [0.25, 0.3) is 0 Å². The van der Waals surface area contributed by atoms with Gasteiger partial charge in [-0.25, -0.2) is 17.9 Å². The smallest absolute Gasteiger partial charge is 0.335 e. The third kappa shape index (κ3) is 4.29. The van der Waals surface area contributed by atoms with Crippen LogP contribution in [0.15, 0.2) is 23.1 Å². The van der Waals surface area contributed by atoms with Crippen LogP contribution in [0.2, 0.25) is 0 Å². The molecule has 112 valence electrons. The first-order chi connectivity index (χ1) is 9.27. The summed E-state index contributed by atoms with van der Waals surface area (Å²) in [5, 5.41) is 8.92. The molecule has 1 unspecified atom stereocenters. The second-order valence-corrected chi connectivity index (χ2v) is 6.43. The quantitative estimate of drug-likeness (QED) is 0.791. The Hall–Kier alpha value is -1.44. The lowest BCUT2D eigenvalue weighted by Crippen LogP contribution is -2.30. The van der Waals surface area contributed by atoms with E-state index in [0.29, 0.717) is 12.2 Å². The fourth-order valence-electron chi connectivity index (χ4n) is 1.70. The van der Waals surface area contributed by atoms with Gasteiger partial charge < -0.3 is 9.84 Å². The molecule has 1 aromatic carbocycles. The van der Waals surface area contributed by atoms with Crippen molar-refractivity contribution in [3.8, 4) is 0 Å². The van der Waals surface area contributed by atoms with Crippen LogP contribution in [0.4, 0.5) is 0 Å². The Morgan fingerprint density at radius 3 is 2.65 bits per heavy atom. The van der Waals surface area contributed by atoms with E-state index < -0.39 is 16.0 Å². The van der Waals surface area contributed by atoms with Gasteiger partial charge in [0.05, 0.1) is 10.5 Å². The standard InChI is InChI=1S/C13H19NO5S/c1-9(8-19-3)7-14-20(17,18)12-6-11(13(15)16)5-4-10(12)2/h4-6,9,14H,7-8H2,1-3H3,(H,15,16). The second-order valence-electron chi connectivity index (χ2n) is 4.70. The number of carbonyl (C=O) groups is 1. The minimum Gasteiger partial charge on any atom is -0.478 e. The highest BCUT2D eigenvalue weighted by molar-refractivity contribution is 7.89. The molecule has 6 nitrogen and oxygen atoms in total. The SMILES string of the molecule is COCC(C)CNS(=O)(=O)c1cc(C(=O)O)ccc1C. The van der Waals surface area contributed by atoms with Crippen molar-refractivity contribution in [3.05, 3.63) is 29.3 Å². The Bertz CT molecular complexity index is 582. The van der Waals surface area contributed by atoms with Crippen molar-refractivity contribution >= 4 is 16.0 Å². The van der Waals surface area contributed by atoms with Crippen LogP contribution in [0.1, 0.15) is 22.8 Å². The highest BCUT2D eigenvalue weighted by Gasteiger charge is 2.19. The largest absolute Gasteiger partial charge is 0.478 e. The maximum Gasteiger partial charge on any atom is 0.335 e. The zero-order chi connectivity index (χ0) is 15.3. The van der Waals surface area contributed by atoms with E-state index in [1.54, 1.807) is 14.0 Å². The molecule has 0 spiro atoms. The van der Waals surface area contributed by atoms with Crippen LogP contribution in [0.3, 0.4) is 0 Å². The number of sulfonamides is 1. The van der Waals surface area contributed by atoms with Crippen LogP contribution in [0.5, 0.6) is 0 Å². The molecule has 1 aromatic rings. The first kappa shape index (κ1) is 16.6. The topological polar surface area (TPSA) is 92.7 Å². The van der Waals surface area contributed by atoms with E-state index in [1.165, 1.54) is 18.2 Å². The highest BCUT2D eigenvalue weighted by atomic mass is 32.2. The number of aromatic carboxylic acids is 1. The molecule has 0 aliphatic carbocycles. The molecular formula is C13H19NO5S. The van der Waals surface area contributed by atoms with Crippen molar-refractivity contribution in [2.24, 2.45) is 5.92 Å². The molecule has 0 aromatic heterocycles. The van der Waals surface area contributed by atoms with Gasteiger partial charge in [-0.15, -0.1) is 0 Å². The number of rotatable bonds is 7. The first-order valence-corrected chi connectivity index (χ1v) is 7.58. The van der Waals surface area contributed by atoms with Gasteiger partial charge in [0.25, 0.3) is 0 Å². The number of aryl methyl sites for hydroxylation is 1. The zero-order valence-corrected chi connectivity index (χ0v) is 12.5. The second kappa shape index (κ2) is 6.83. The van der Waals surface area contributed by atoms with E-state index in [0.717, 1.165) is 0 Å². The van der Waals surface area contributed by atoms with E-state index in [9.17, 15) is 13.2 Å². The van der Waals surface area contributed by atoms with Crippen LogP contribution in [-0.2, 0) is 14.8 Å². The number of hydrogen-bond acceptors (Lipinski definition) is 4. The average Bonchev–Trinajstić information content (AvgIpc) is 2.37. The summed E-state index contributed by atoms with van der Waals surface area (Å²) < 4.78 is 31.8. The summed E-state index contributed by atoms with van der Waals surface area (Å²) in [5.41, 5.74) is 0.447. The molecule has 1 rings (SSSR count). The van der Waals surface area contributed by atoms with Crippen molar-refractivity contribution in [1.29, 1.82) is 0 Å². The molecule has 0 heterocycles. The molecule has 20 heavy (non-hydrogen) atoms. The van der Waals surface area contributed by atoms with Crippen molar-refractivity contribution in [2.45, 2.75) is 18.7 Å². The van der Waals surface area contributed by atoms with Gasteiger partial charge in [0.1, 0.15) is 0 Å². The third-order valence-corrected chi connectivity index (χ3v) is 4.36. The number of ether oxygens (including phenoxy) is 1. The predicted octanol–water partition coefficient (Wildman–Crippen LogP) is 1.25. The summed E-state index contributed by atoms with van der Waals surface area (Å²) in [5.74, 6) is -1.13. The molecule has 0 saturated heterocycles. The van der Waals surface area contributed by atoms with Gasteiger partial charge in [0.2, 0.25) is 10.0 Å². The highest BCUT2D eigenvalue weighted by Crippen LogP contribution is 2.17. The summed E-state index contributed by atoms with van der Waals surface area (Å²) in [7, 11) is -2.18. The van der Waals surface area contributed by atoms with Gasteiger partial charge in [0.15, 0.2) is 0 Å². The number of nitrogens with one attached hydrogen (secondary N) is 1. The Kier molecular flexibility index (Phi) is 5.67. The number of methoxy groups -OCH3 is 1. The molecule has 0 saturated carbocycles. The molecule has 0 aliphatic heterocycles. The lowest BCUT2D eigenvalue weighted by molar-refractivity contribution is 0.0696. The molecule has 2 N–H and O–H groups in total. The molecule has 0 amide bonds. The summed E-state index contributed by atoms with van der Waals surface area (Å²) in [4.78, 5) is 10.9.